The van der Waals surface area contributed by atoms with Crippen LogP contribution in [-0.4, -0.2) is 31.2 Å². The minimum absolute atomic E-state index is 0.417. The molecule has 1 unspecified atom stereocenters. The van der Waals surface area contributed by atoms with Crippen molar-refractivity contribution in [2.45, 2.75) is 30.7 Å². The Balaban J connectivity index is 2.19. The van der Waals surface area contributed by atoms with Crippen molar-refractivity contribution >= 4 is 0 Å². The van der Waals surface area contributed by atoms with Crippen molar-refractivity contribution in [3.63, 3.8) is 0 Å². The van der Waals surface area contributed by atoms with Gasteiger partial charge >= 0.3 is 0 Å². The maximum absolute atomic E-state index is 13.4. The lowest BCUT2D eigenvalue weighted by atomic mass is 9.85. The Labute approximate surface area is 70.3 Å². The summed E-state index contributed by atoms with van der Waals surface area (Å²) in [6.07, 6.45) is 1.89. The van der Waals surface area contributed by atoms with Gasteiger partial charge in [0.25, 0.3) is 5.92 Å². The molecule has 0 aromatic rings. The first-order valence-corrected chi connectivity index (χ1v) is 4.37. The molecule has 0 aliphatic carbocycles. The van der Waals surface area contributed by atoms with E-state index in [1.807, 2.05) is 0 Å². The van der Waals surface area contributed by atoms with E-state index in [2.05, 4.69) is 5.32 Å². The molecule has 1 atom stereocenters. The highest BCUT2D eigenvalue weighted by atomic mass is 19.3. The highest BCUT2D eigenvalue weighted by Gasteiger charge is 2.56. The van der Waals surface area contributed by atoms with Crippen LogP contribution in [0.25, 0.3) is 0 Å². The fraction of sp³-hybridized carbons (Fsp3) is 1.00. The molecule has 1 spiro atoms. The van der Waals surface area contributed by atoms with Gasteiger partial charge in [0.1, 0.15) is 6.61 Å². The van der Waals surface area contributed by atoms with Gasteiger partial charge in [0.05, 0.1) is 5.54 Å². The van der Waals surface area contributed by atoms with Crippen LogP contribution in [0.2, 0.25) is 0 Å². The Morgan fingerprint density at radius 1 is 1.25 bits per heavy atom. The molecule has 70 valence electrons. The number of nitrogens with one attached hydrogen (secondary N) is 1. The second-order valence-corrected chi connectivity index (χ2v) is 3.62. The van der Waals surface area contributed by atoms with E-state index < -0.39 is 18.1 Å². The molecule has 0 aromatic heterocycles. The molecule has 0 saturated carbocycles. The smallest absolute Gasteiger partial charge is 0.288 e. The molecular formula is C8H13F2NO. The number of alkyl halides is 2. The molecular weight excluding hydrogens is 164 g/mol. The Hall–Kier alpha value is -0.220. The molecule has 0 radical (unpaired) electrons. The zero-order valence-corrected chi connectivity index (χ0v) is 6.91. The zero-order chi connectivity index (χ0) is 8.66. The summed E-state index contributed by atoms with van der Waals surface area (Å²) < 4.78 is 31.5. The highest BCUT2D eigenvalue weighted by molar-refractivity contribution is 5.05. The van der Waals surface area contributed by atoms with Gasteiger partial charge in [-0.3, -0.25) is 0 Å². The first kappa shape index (κ1) is 8.38. The van der Waals surface area contributed by atoms with E-state index in [0.29, 0.717) is 19.4 Å². The quantitative estimate of drug-likeness (QED) is 0.599. The van der Waals surface area contributed by atoms with E-state index in [-0.39, 0.29) is 0 Å². The van der Waals surface area contributed by atoms with Crippen molar-refractivity contribution in [3.8, 4) is 0 Å². The Morgan fingerprint density at radius 3 is 2.67 bits per heavy atom. The largest absolute Gasteiger partial charge is 0.375 e. The van der Waals surface area contributed by atoms with Crippen molar-refractivity contribution in [1.29, 1.82) is 0 Å². The number of rotatable bonds is 0. The minimum atomic E-state index is -2.68. The molecule has 2 heterocycles. The van der Waals surface area contributed by atoms with Crippen molar-refractivity contribution in [1.82, 2.24) is 5.32 Å². The monoisotopic (exact) mass is 177 g/mol. The van der Waals surface area contributed by atoms with E-state index in [4.69, 9.17) is 4.74 Å². The Morgan fingerprint density at radius 2 is 2.08 bits per heavy atom. The lowest BCUT2D eigenvalue weighted by molar-refractivity contribution is -0.172. The van der Waals surface area contributed by atoms with Crippen LogP contribution in [0.1, 0.15) is 19.3 Å². The minimum Gasteiger partial charge on any atom is -0.375 e. The number of hydrogen-bond acceptors (Lipinski definition) is 2. The van der Waals surface area contributed by atoms with E-state index in [1.165, 1.54) is 0 Å². The standard InChI is InChI=1S/C8H13F2NO/c9-8(10)6-12-5-3-7(8)2-1-4-11-7/h11H,1-6H2. The molecule has 0 bridgehead atoms. The number of ether oxygens (including phenoxy) is 1. The molecule has 2 fully saturated rings. The van der Waals surface area contributed by atoms with Crippen LogP contribution in [0.4, 0.5) is 8.78 Å². The van der Waals surface area contributed by atoms with Gasteiger partial charge in [0, 0.05) is 6.61 Å². The van der Waals surface area contributed by atoms with Gasteiger partial charge in [-0.05, 0) is 25.8 Å². The summed E-state index contributed by atoms with van der Waals surface area (Å²) in [5, 5.41) is 2.93. The third-order valence-electron chi connectivity index (χ3n) is 2.90. The van der Waals surface area contributed by atoms with Gasteiger partial charge in [-0.1, -0.05) is 0 Å². The molecule has 0 aromatic carbocycles. The SMILES string of the molecule is FC1(F)COCCC12CCCN2. The van der Waals surface area contributed by atoms with Crippen molar-refractivity contribution in [2.24, 2.45) is 0 Å². The maximum atomic E-state index is 13.4. The summed E-state index contributed by atoms with van der Waals surface area (Å²) >= 11 is 0. The van der Waals surface area contributed by atoms with Crippen LogP contribution in [-0.2, 0) is 4.74 Å². The second-order valence-electron chi connectivity index (χ2n) is 3.62. The predicted octanol–water partition coefficient (Wildman–Crippen LogP) is 1.16. The van der Waals surface area contributed by atoms with Crippen LogP contribution >= 0.6 is 0 Å². The van der Waals surface area contributed by atoms with Gasteiger partial charge < -0.3 is 10.1 Å². The normalized spacial score (nSPS) is 40.5. The van der Waals surface area contributed by atoms with Crippen LogP contribution < -0.4 is 5.32 Å². The molecule has 1 N–H and O–H groups in total. The average molecular weight is 177 g/mol. The van der Waals surface area contributed by atoms with Gasteiger partial charge in [0.15, 0.2) is 0 Å². The van der Waals surface area contributed by atoms with Gasteiger partial charge in [0.2, 0.25) is 0 Å². The summed E-state index contributed by atoms with van der Waals surface area (Å²) in [6, 6.07) is 0. The Bertz CT molecular complexity index is 178. The molecule has 12 heavy (non-hydrogen) atoms. The molecule has 0 amide bonds. The number of hydrogen-bond donors (Lipinski definition) is 1. The van der Waals surface area contributed by atoms with Gasteiger partial charge in [-0.15, -0.1) is 0 Å². The summed E-state index contributed by atoms with van der Waals surface area (Å²) in [4.78, 5) is 0. The molecule has 4 heteroatoms. The summed E-state index contributed by atoms with van der Waals surface area (Å²) in [5.74, 6) is -2.68. The van der Waals surface area contributed by atoms with Crippen LogP contribution in [0.3, 0.4) is 0 Å². The third kappa shape index (κ3) is 1.05. The first-order chi connectivity index (χ1) is 5.66. The lowest BCUT2D eigenvalue weighted by Gasteiger charge is -2.40. The summed E-state index contributed by atoms with van der Waals surface area (Å²) in [7, 11) is 0. The summed E-state index contributed by atoms with van der Waals surface area (Å²) in [5.41, 5.74) is -0.939. The van der Waals surface area contributed by atoms with Crippen molar-refractivity contribution < 1.29 is 13.5 Å². The molecule has 2 aliphatic heterocycles. The topological polar surface area (TPSA) is 21.3 Å². The van der Waals surface area contributed by atoms with Crippen LogP contribution in [0.15, 0.2) is 0 Å². The lowest BCUT2D eigenvalue weighted by Crippen LogP contribution is -2.60. The van der Waals surface area contributed by atoms with E-state index in [1.54, 1.807) is 0 Å². The molecule has 2 nitrogen and oxygen atoms in total. The maximum Gasteiger partial charge on any atom is 0.288 e. The molecule has 2 aliphatic rings. The molecule has 2 rings (SSSR count). The van der Waals surface area contributed by atoms with Gasteiger partial charge in [-0.2, -0.15) is 0 Å². The first-order valence-electron chi connectivity index (χ1n) is 4.37. The van der Waals surface area contributed by atoms with Crippen molar-refractivity contribution in [3.05, 3.63) is 0 Å². The third-order valence-corrected chi connectivity index (χ3v) is 2.90. The zero-order valence-electron chi connectivity index (χ0n) is 6.91. The number of halogens is 2. The van der Waals surface area contributed by atoms with E-state index in [0.717, 1.165) is 13.0 Å². The fourth-order valence-corrected chi connectivity index (χ4v) is 2.10. The highest BCUT2D eigenvalue weighted by Crippen LogP contribution is 2.41. The average Bonchev–Trinajstić information content (AvgIpc) is 2.46. The van der Waals surface area contributed by atoms with Crippen LogP contribution in [0, 0.1) is 0 Å². The van der Waals surface area contributed by atoms with Crippen LogP contribution in [0.5, 0.6) is 0 Å². The fourth-order valence-electron chi connectivity index (χ4n) is 2.10. The second kappa shape index (κ2) is 2.64. The van der Waals surface area contributed by atoms with E-state index >= 15 is 0 Å². The predicted molar refractivity (Wildman–Crippen MR) is 40.4 cm³/mol. The van der Waals surface area contributed by atoms with E-state index in [9.17, 15) is 8.78 Å². The summed E-state index contributed by atoms with van der Waals surface area (Å²) in [6.45, 7) is 0.762. The molecule has 2 saturated heterocycles. The van der Waals surface area contributed by atoms with Gasteiger partial charge in [-0.25, -0.2) is 8.78 Å². The van der Waals surface area contributed by atoms with Crippen molar-refractivity contribution in [2.75, 3.05) is 19.8 Å². The Kier molecular flexibility index (Phi) is 1.84.